The standard InChI is InChI=1S/C22H32ClF4N4O10P/c1-9(2)39-17(34)11(5)29-42(37,30-12(6)18(35)40-10(3)4)38-8-21(19(24)25)22(26,27)14(32)16(41-21)31-7-13(23)15(33)28-20(31)36/h7,9-12,14,16,19,32H,8H2,1-6H3,(H,28,33,36)(H2,29,30,37). The van der Waals surface area contributed by atoms with Crippen LogP contribution in [0.5, 0.6) is 0 Å². The largest absolute Gasteiger partial charge is 0.462 e. The first-order chi connectivity index (χ1) is 19.2. The van der Waals surface area contributed by atoms with Gasteiger partial charge in [-0.1, -0.05) is 11.6 Å². The van der Waals surface area contributed by atoms with Gasteiger partial charge in [-0.25, -0.2) is 23.7 Å². The summed E-state index contributed by atoms with van der Waals surface area (Å²) in [7, 11) is -4.92. The summed E-state index contributed by atoms with van der Waals surface area (Å²) >= 11 is 5.62. The number of aliphatic hydroxyl groups excluding tert-OH is 1. The van der Waals surface area contributed by atoms with Crippen molar-refractivity contribution in [1.29, 1.82) is 0 Å². The van der Waals surface area contributed by atoms with Crippen LogP contribution in [0.15, 0.2) is 15.8 Å². The van der Waals surface area contributed by atoms with Gasteiger partial charge in [-0.15, -0.1) is 0 Å². The van der Waals surface area contributed by atoms with Crippen molar-refractivity contribution in [1.82, 2.24) is 19.7 Å². The quantitative estimate of drug-likeness (QED) is 0.137. The van der Waals surface area contributed by atoms with Crippen molar-refractivity contribution in [2.45, 2.75) is 96.1 Å². The normalized spacial score (nSPS) is 24.9. The summed E-state index contributed by atoms with van der Waals surface area (Å²) in [5, 5.41) is 13.9. The number of aliphatic hydroxyl groups is 1. The minimum Gasteiger partial charge on any atom is -0.462 e. The first kappa shape index (κ1) is 35.9. The van der Waals surface area contributed by atoms with Gasteiger partial charge < -0.3 is 23.8 Å². The number of nitrogens with zero attached hydrogens (tertiary/aromatic N) is 1. The molecule has 5 unspecified atom stereocenters. The molecule has 1 saturated heterocycles. The van der Waals surface area contributed by atoms with Gasteiger partial charge in [0, 0.05) is 6.20 Å². The molecule has 1 aliphatic rings. The lowest BCUT2D eigenvalue weighted by molar-refractivity contribution is -0.241. The van der Waals surface area contributed by atoms with Gasteiger partial charge in [-0.05, 0) is 41.5 Å². The number of hydrogen-bond donors (Lipinski definition) is 4. The predicted octanol–water partition coefficient (Wildman–Crippen LogP) is 1.70. The van der Waals surface area contributed by atoms with Gasteiger partial charge in [0.25, 0.3) is 12.0 Å². The molecule has 1 aliphatic heterocycles. The number of carbonyl (C=O) groups excluding carboxylic acids is 2. The number of aromatic amines is 1. The van der Waals surface area contributed by atoms with E-state index in [1.165, 1.54) is 27.7 Å². The number of esters is 2. The zero-order valence-electron chi connectivity index (χ0n) is 23.2. The van der Waals surface area contributed by atoms with E-state index in [0.717, 1.165) is 13.8 Å². The summed E-state index contributed by atoms with van der Waals surface area (Å²) < 4.78 is 93.2. The van der Waals surface area contributed by atoms with E-state index in [1.54, 1.807) is 4.98 Å². The summed E-state index contributed by atoms with van der Waals surface area (Å²) in [4.78, 5) is 50.0. The van der Waals surface area contributed by atoms with Crippen LogP contribution in [0, 0.1) is 0 Å². The number of nitrogens with one attached hydrogen (secondary N) is 3. The maximum atomic E-state index is 15.4. The molecule has 1 aromatic rings. The average Bonchev–Trinajstić information content (AvgIpc) is 3.05. The number of rotatable bonds is 13. The van der Waals surface area contributed by atoms with E-state index in [9.17, 15) is 37.6 Å². The molecule has 42 heavy (non-hydrogen) atoms. The van der Waals surface area contributed by atoms with E-state index in [0.29, 0.717) is 6.20 Å². The highest BCUT2D eigenvalue weighted by Crippen LogP contribution is 2.53. The highest BCUT2D eigenvalue weighted by atomic mass is 35.5. The Morgan fingerprint density at radius 3 is 2.00 bits per heavy atom. The van der Waals surface area contributed by atoms with Crippen LogP contribution >= 0.6 is 19.3 Å². The molecule has 0 aromatic carbocycles. The summed E-state index contributed by atoms with van der Waals surface area (Å²) in [5.41, 5.74) is -6.62. The Morgan fingerprint density at radius 1 is 1.10 bits per heavy atom. The number of halogens is 5. The van der Waals surface area contributed by atoms with Crippen LogP contribution in [-0.2, 0) is 32.9 Å². The molecule has 4 N–H and O–H groups in total. The fourth-order valence-corrected chi connectivity index (χ4v) is 5.60. The second-order valence-electron chi connectivity index (χ2n) is 9.91. The Bertz CT molecular complexity index is 1280. The fraction of sp³-hybridized carbons (Fsp3) is 0.727. The number of hydrogen-bond acceptors (Lipinski definition) is 10. The molecular weight excluding hydrogens is 623 g/mol. The molecule has 0 amide bonds. The van der Waals surface area contributed by atoms with Crippen molar-refractivity contribution < 1.29 is 55.6 Å². The molecule has 0 bridgehead atoms. The van der Waals surface area contributed by atoms with Crippen LogP contribution in [0.3, 0.4) is 0 Å². The lowest BCUT2D eigenvalue weighted by atomic mass is 9.95. The molecule has 2 heterocycles. The summed E-state index contributed by atoms with van der Waals surface area (Å²) in [5.74, 6) is -6.88. The Labute approximate surface area is 241 Å². The predicted molar refractivity (Wildman–Crippen MR) is 137 cm³/mol. The Kier molecular flexibility index (Phi) is 11.5. The second-order valence-corrected chi connectivity index (χ2v) is 12.2. The number of carbonyl (C=O) groups is 2. The van der Waals surface area contributed by atoms with Gasteiger partial charge in [-0.2, -0.15) is 8.78 Å². The third-order valence-electron chi connectivity index (χ3n) is 5.69. The Balaban J connectivity index is 2.49. The van der Waals surface area contributed by atoms with Crippen LogP contribution in [0.25, 0.3) is 0 Å². The van der Waals surface area contributed by atoms with Crippen LogP contribution in [-0.4, -0.2) is 81.5 Å². The molecule has 14 nitrogen and oxygen atoms in total. The molecule has 240 valence electrons. The minimum absolute atomic E-state index is 0.163. The van der Waals surface area contributed by atoms with Crippen molar-refractivity contribution in [2.75, 3.05) is 6.61 Å². The molecule has 0 radical (unpaired) electrons. The number of ether oxygens (including phenoxy) is 3. The zero-order valence-corrected chi connectivity index (χ0v) is 24.9. The first-order valence-corrected chi connectivity index (χ1v) is 14.4. The second kappa shape index (κ2) is 13.5. The summed E-state index contributed by atoms with van der Waals surface area (Å²) in [6, 6.07) is -2.99. The van der Waals surface area contributed by atoms with Crippen molar-refractivity contribution in [3.8, 4) is 0 Å². The molecule has 0 saturated carbocycles. The third kappa shape index (κ3) is 7.78. The van der Waals surface area contributed by atoms with Crippen LogP contribution in [0.1, 0.15) is 47.8 Å². The lowest BCUT2D eigenvalue weighted by Crippen LogP contribution is -2.58. The molecule has 2 rings (SSSR count). The molecule has 0 aliphatic carbocycles. The molecule has 5 atom stereocenters. The lowest BCUT2D eigenvalue weighted by Gasteiger charge is -2.35. The Morgan fingerprint density at radius 2 is 1.57 bits per heavy atom. The first-order valence-electron chi connectivity index (χ1n) is 12.4. The smallest absolute Gasteiger partial charge is 0.342 e. The van der Waals surface area contributed by atoms with E-state index in [1.807, 2.05) is 0 Å². The van der Waals surface area contributed by atoms with E-state index >= 15 is 8.78 Å². The molecule has 1 fully saturated rings. The maximum Gasteiger partial charge on any atom is 0.342 e. The number of H-pyrrole nitrogens is 1. The molecule has 0 spiro atoms. The SMILES string of the molecule is CC(C)OC(=O)C(C)NP(=O)(NC(C)C(=O)OC(C)C)OCC1(C(F)F)OC(n2cc(Cl)c(=O)[nH]c2=O)C(O)C1(F)F. The summed E-state index contributed by atoms with van der Waals surface area (Å²) in [6.45, 7) is 6.33. The van der Waals surface area contributed by atoms with Gasteiger partial charge in [0.1, 0.15) is 17.1 Å². The van der Waals surface area contributed by atoms with Gasteiger partial charge >= 0.3 is 31.2 Å². The van der Waals surface area contributed by atoms with Crippen molar-refractivity contribution in [3.05, 3.63) is 32.1 Å². The van der Waals surface area contributed by atoms with Crippen LogP contribution in [0.2, 0.25) is 5.02 Å². The maximum absolute atomic E-state index is 15.4. The van der Waals surface area contributed by atoms with E-state index in [-0.39, 0.29) is 4.57 Å². The zero-order chi connectivity index (χ0) is 32.4. The van der Waals surface area contributed by atoms with Crippen LogP contribution < -0.4 is 21.4 Å². The van der Waals surface area contributed by atoms with E-state index < -0.39 is 97.1 Å². The third-order valence-corrected chi connectivity index (χ3v) is 7.90. The Hall–Kier alpha value is -2.34. The summed E-state index contributed by atoms with van der Waals surface area (Å²) in [6.07, 6.45) is -10.6. The van der Waals surface area contributed by atoms with Crippen molar-refractivity contribution in [2.24, 2.45) is 0 Å². The highest BCUT2D eigenvalue weighted by molar-refractivity contribution is 7.54. The van der Waals surface area contributed by atoms with Gasteiger partial charge in [0.15, 0.2) is 12.3 Å². The highest BCUT2D eigenvalue weighted by Gasteiger charge is 2.74. The molecule has 20 heteroatoms. The fourth-order valence-electron chi connectivity index (χ4n) is 3.62. The molecule has 1 aromatic heterocycles. The van der Waals surface area contributed by atoms with Crippen molar-refractivity contribution >= 4 is 31.2 Å². The minimum atomic E-state index is -4.92. The van der Waals surface area contributed by atoms with E-state index in [4.69, 9.17) is 30.3 Å². The van der Waals surface area contributed by atoms with Gasteiger partial charge in [0.2, 0.25) is 5.60 Å². The van der Waals surface area contributed by atoms with Gasteiger partial charge in [0.05, 0.1) is 18.8 Å². The topological polar surface area (TPSA) is 187 Å². The van der Waals surface area contributed by atoms with Gasteiger partial charge in [-0.3, -0.25) is 28.5 Å². The van der Waals surface area contributed by atoms with E-state index in [2.05, 4.69) is 10.2 Å². The van der Waals surface area contributed by atoms with Crippen molar-refractivity contribution in [3.63, 3.8) is 0 Å². The van der Waals surface area contributed by atoms with Crippen LogP contribution in [0.4, 0.5) is 17.6 Å². The molecular formula is C22H32ClF4N4O10P. The number of alkyl halides is 4. The number of aromatic nitrogens is 2. The average molecular weight is 655 g/mol. The monoisotopic (exact) mass is 654 g/mol.